The van der Waals surface area contributed by atoms with Gasteiger partial charge in [0.25, 0.3) is 23.6 Å². The molecule has 2 aliphatic rings. The molecule has 0 unspecified atom stereocenters. The second-order valence-corrected chi connectivity index (χ2v) is 5.77. The highest BCUT2D eigenvalue weighted by Gasteiger charge is 2.31. The van der Waals surface area contributed by atoms with Gasteiger partial charge < -0.3 is 9.47 Å². The van der Waals surface area contributed by atoms with Crippen molar-refractivity contribution in [1.82, 2.24) is 10.1 Å². The maximum Gasteiger partial charge on any atom is 0.306 e. The third kappa shape index (κ3) is 6.39. The average Bonchev–Trinajstić information content (AvgIpc) is 3.16. The number of ether oxygens (including phenoxy) is 2. The number of rotatable bonds is 11. The van der Waals surface area contributed by atoms with Crippen molar-refractivity contribution in [1.29, 1.82) is 0 Å². The highest BCUT2D eigenvalue weighted by Crippen LogP contribution is 2.12. The molecule has 4 amide bonds. The molecule has 0 spiro atoms. The molecule has 0 saturated carbocycles. The van der Waals surface area contributed by atoms with Crippen molar-refractivity contribution in [2.45, 2.75) is 38.5 Å². The van der Waals surface area contributed by atoms with E-state index in [1.165, 1.54) is 0 Å². The lowest BCUT2D eigenvalue weighted by atomic mass is 10.3. The van der Waals surface area contributed by atoms with E-state index in [4.69, 9.17) is 19.1 Å². The van der Waals surface area contributed by atoms with Gasteiger partial charge in [-0.3, -0.25) is 38.4 Å². The summed E-state index contributed by atoms with van der Waals surface area (Å²) in [6.07, 6.45) is -0.0889. The summed E-state index contributed by atoms with van der Waals surface area (Å²) in [5.74, 6) is -3.13. The first kappa shape index (κ1) is 21.4. The molecule has 28 heavy (non-hydrogen) atoms. The third-order valence-electron chi connectivity index (χ3n) is 3.68. The van der Waals surface area contributed by atoms with Crippen LogP contribution in [0.25, 0.3) is 0 Å². The second-order valence-electron chi connectivity index (χ2n) is 5.77. The number of hydrogen-bond acceptors (Lipinski definition) is 10. The van der Waals surface area contributed by atoms with Crippen LogP contribution in [-0.4, -0.2) is 72.1 Å². The molecule has 0 aromatic rings. The van der Waals surface area contributed by atoms with Crippen LogP contribution in [-0.2, 0) is 47.9 Å². The first-order valence-corrected chi connectivity index (χ1v) is 8.67. The molecular formula is C16H20N2O10. The van der Waals surface area contributed by atoms with Crippen LogP contribution < -0.4 is 0 Å². The summed E-state index contributed by atoms with van der Waals surface area (Å²) < 4.78 is 9.62. The molecule has 0 radical (unpaired) electrons. The van der Waals surface area contributed by atoms with Crippen molar-refractivity contribution in [3.05, 3.63) is 0 Å². The van der Waals surface area contributed by atoms with Crippen molar-refractivity contribution in [2.24, 2.45) is 0 Å². The number of imide groups is 2. The lowest BCUT2D eigenvalue weighted by Gasteiger charge is -2.13. The quantitative estimate of drug-likeness (QED) is 0.241. The largest absolute Gasteiger partial charge is 0.463 e. The molecular weight excluding hydrogens is 380 g/mol. The number of hydroxylamine groups is 4. The molecule has 154 valence electrons. The smallest absolute Gasteiger partial charge is 0.306 e. The van der Waals surface area contributed by atoms with Gasteiger partial charge in [0, 0.05) is 25.7 Å². The normalized spacial score (nSPS) is 16.9. The van der Waals surface area contributed by atoms with Gasteiger partial charge in [-0.1, -0.05) is 0 Å². The fraction of sp³-hybridized carbons (Fsp3) is 0.625. The maximum atomic E-state index is 11.5. The van der Waals surface area contributed by atoms with E-state index in [9.17, 15) is 28.8 Å². The molecule has 12 heteroatoms. The molecule has 2 heterocycles. The number of hydrogen-bond donors (Lipinski definition) is 0. The number of esters is 2. The van der Waals surface area contributed by atoms with Crippen LogP contribution >= 0.6 is 0 Å². The molecule has 0 bridgehead atoms. The summed E-state index contributed by atoms with van der Waals surface area (Å²) in [5.41, 5.74) is 0. The summed E-state index contributed by atoms with van der Waals surface area (Å²) in [6.45, 7) is -0.703. The third-order valence-corrected chi connectivity index (χ3v) is 3.68. The van der Waals surface area contributed by atoms with Crippen LogP contribution in [0.4, 0.5) is 0 Å². The zero-order valence-corrected chi connectivity index (χ0v) is 15.0. The number of carbonyl (C=O) groups is 6. The minimum absolute atomic E-state index is 0.0937. The van der Waals surface area contributed by atoms with E-state index in [1.54, 1.807) is 0 Å². The minimum atomic E-state index is -0.677. The van der Waals surface area contributed by atoms with Gasteiger partial charge in [0.1, 0.15) is 26.4 Å². The molecule has 2 rings (SSSR count). The second kappa shape index (κ2) is 10.5. The van der Waals surface area contributed by atoms with Crippen LogP contribution in [0.1, 0.15) is 38.5 Å². The van der Waals surface area contributed by atoms with Gasteiger partial charge in [-0.25, -0.2) is 0 Å². The zero-order valence-electron chi connectivity index (χ0n) is 15.0. The molecule has 0 atom stereocenters. The Labute approximate surface area is 159 Å². The van der Waals surface area contributed by atoms with E-state index in [0.29, 0.717) is 10.1 Å². The number of nitrogens with zero attached hydrogens (tertiary/aromatic N) is 2. The SMILES string of the molecule is O=C(CCC(=O)OCCON1C(=O)CCC1=O)OCCON1C(=O)CCC1=O. The predicted molar refractivity (Wildman–Crippen MR) is 85.2 cm³/mol. The van der Waals surface area contributed by atoms with Gasteiger partial charge in [0.05, 0.1) is 12.8 Å². The molecule has 0 N–H and O–H groups in total. The van der Waals surface area contributed by atoms with Crippen LogP contribution in [0.15, 0.2) is 0 Å². The van der Waals surface area contributed by atoms with Gasteiger partial charge in [-0.2, -0.15) is 10.1 Å². The molecule has 2 saturated heterocycles. The van der Waals surface area contributed by atoms with Gasteiger partial charge in [0.2, 0.25) is 0 Å². The van der Waals surface area contributed by atoms with Crippen LogP contribution in [0.2, 0.25) is 0 Å². The van der Waals surface area contributed by atoms with Crippen LogP contribution in [0.5, 0.6) is 0 Å². The summed E-state index contributed by atoms with van der Waals surface area (Å²) >= 11 is 0. The summed E-state index contributed by atoms with van der Waals surface area (Å²) in [4.78, 5) is 78.0. The summed E-state index contributed by atoms with van der Waals surface area (Å²) in [6, 6.07) is 0. The highest BCUT2D eigenvalue weighted by atomic mass is 16.7. The van der Waals surface area contributed by atoms with Crippen LogP contribution in [0.3, 0.4) is 0 Å². The number of carbonyl (C=O) groups excluding carboxylic acids is 6. The fourth-order valence-electron chi connectivity index (χ4n) is 2.32. The molecule has 12 nitrogen and oxygen atoms in total. The van der Waals surface area contributed by atoms with E-state index >= 15 is 0 Å². The summed E-state index contributed by atoms with van der Waals surface area (Å²) in [5, 5.41) is 1.30. The zero-order chi connectivity index (χ0) is 20.5. The average molecular weight is 400 g/mol. The fourth-order valence-corrected chi connectivity index (χ4v) is 2.32. The predicted octanol–water partition coefficient (Wildman–Crippen LogP) is -0.986. The summed E-state index contributed by atoms with van der Waals surface area (Å²) in [7, 11) is 0. The van der Waals surface area contributed by atoms with Gasteiger partial charge >= 0.3 is 11.9 Å². The lowest BCUT2D eigenvalue weighted by Crippen LogP contribution is -2.31. The van der Waals surface area contributed by atoms with Crippen molar-refractivity contribution in [2.75, 3.05) is 26.4 Å². The first-order chi connectivity index (χ1) is 13.4. The van der Waals surface area contributed by atoms with E-state index in [0.717, 1.165) is 0 Å². The highest BCUT2D eigenvalue weighted by molar-refractivity contribution is 6.01. The molecule has 0 aliphatic carbocycles. The Balaban J connectivity index is 1.48. The van der Waals surface area contributed by atoms with Gasteiger partial charge in [-0.05, 0) is 0 Å². The first-order valence-electron chi connectivity index (χ1n) is 8.67. The van der Waals surface area contributed by atoms with E-state index in [1.807, 2.05) is 0 Å². The Kier molecular flexibility index (Phi) is 8.02. The Morgan fingerprint density at radius 2 is 0.929 bits per heavy atom. The maximum absolute atomic E-state index is 11.5. The molecule has 0 aromatic carbocycles. The molecule has 0 aromatic heterocycles. The van der Waals surface area contributed by atoms with Crippen molar-refractivity contribution in [3.8, 4) is 0 Å². The van der Waals surface area contributed by atoms with E-state index in [-0.39, 0.29) is 65.0 Å². The van der Waals surface area contributed by atoms with Crippen LogP contribution in [0, 0.1) is 0 Å². The Hall–Kier alpha value is -2.86. The molecule has 2 aliphatic heterocycles. The molecule has 2 fully saturated rings. The standard InChI is InChI=1S/C16H20N2O10/c19-11-1-2-12(20)17(11)27-9-7-25-15(23)5-6-16(24)26-8-10-28-18-13(21)3-4-14(18)22/h1-10H2. The Morgan fingerprint density at radius 1 is 0.607 bits per heavy atom. The topological polar surface area (TPSA) is 146 Å². The Morgan fingerprint density at radius 3 is 1.25 bits per heavy atom. The van der Waals surface area contributed by atoms with Gasteiger partial charge in [-0.15, -0.1) is 0 Å². The lowest BCUT2D eigenvalue weighted by molar-refractivity contribution is -0.193. The van der Waals surface area contributed by atoms with E-state index < -0.39 is 35.6 Å². The van der Waals surface area contributed by atoms with Crippen molar-refractivity contribution in [3.63, 3.8) is 0 Å². The van der Waals surface area contributed by atoms with Crippen molar-refractivity contribution < 1.29 is 47.9 Å². The van der Waals surface area contributed by atoms with E-state index in [2.05, 4.69) is 0 Å². The minimum Gasteiger partial charge on any atom is -0.463 e. The monoisotopic (exact) mass is 400 g/mol. The Bertz CT molecular complexity index is 574. The van der Waals surface area contributed by atoms with Crippen molar-refractivity contribution >= 4 is 35.6 Å². The van der Waals surface area contributed by atoms with Gasteiger partial charge in [0.15, 0.2) is 0 Å². The number of amides is 4.